The topological polar surface area (TPSA) is 50.3 Å². The van der Waals surface area contributed by atoms with Crippen LogP contribution in [0.5, 0.6) is 0 Å². The molecule has 1 aromatic heterocycles. The normalized spacial score (nSPS) is 20.3. The minimum absolute atomic E-state index is 0.423. The molecule has 0 spiro atoms. The van der Waals surface area contributed by atoms with E-state index in [1.807, 2.05) is 14.1 Å². The third kappa shape index (κ3) is 2.18. The molecule has 5 nitrogen and oxygen atoms in total. The Morgan fingerprint density at radius 1 is 1.53 bits per heavy atom. The third-order valence-corrected chi connectivity index (χ3v) is 2.69. The highest BCUT2D eigenvalue weighted by atomic mass is 16.5. The summed E-state index contributed by atoms with van der Waals surface area (Å²) in [4.78, 5) is 10.7. The zero-order valence-electron chi connectivity index (χ0n) is 9.10. The number of ether oxygens (including phenoxy) is 1. The van der Waals surface area contributed by atoms with Crippen molar-refractivity contribution in [2.45, 2.75) is 12.5 Å². The predicted octanol–water partition coefficient (Wildman–Crippen LogP) is 0.743. The van der Waals surface area contributed by atoms with E-state index in [4.69, 9.17) is 4.74 Å². The van der Waals surface area contributed by atoms with E-state index in [-0.39, 0.29) is 0 Å². The lowest BCUT2D eigenvalue weighted by Gasteiger charge is -2.23. The van der Waals surface area contributed by atoms with Crippen molar-refractivity contribution in [2.75, 3.05) is 37.5 Å². The van der Waals surface area contributed by atoms with Gasteiger partial charge in [0.15, 0.2) is 0 Å². The summed E-state index contributed by atoms with van der Waals surface area (Å²) in [6, 6.07) is 0.423. The molecule has 1 aliphatic heterocycles. The maximum Gasteiger partial charge on any atom is 0.149 e. The summed E-state index contributed by atoms with van der Waals surface area (Å²) in [5.41, 5.74) is 0. The molecule has 1 aliphatic rings. The van der Waals surface area contributed by atoms with Crippen molar-refractivity contribution in [1.82, 2.24) is 9.97 Å². The van der Waals surface area contributed by atoms with E-state index in [2.05, 4.69) is 20.2 Å². The molecule has 5 heteroatoms. The molecule has 0 amide bonds. The molecule has 2 rings (SSSR count). The van der Waals surface area contributed by atoms with Crippen LogP contribution in [-0.2, 0) is 4.74 Å². The van der Waals surface area contributed by atoms with E-state index in [1.54, 1.807) is 12.4 Å². The van der Waals surface area contributed by atoms with Gasteiger partial charge in [-0.2, -0.15) is 0 Å². The van der Waals surface area contributed by atoms with Gasteiger partial charge in [-0.1, -0.05) is 0 Å². The third-order valence-electron chi connectivity index (χ3n) is 2.69. The van der Waals surface area contributed by atoms with Gasteiger partial charge in [0.25, 0.3) is 0 Å². The number of likely N-dealkylation sites (N-methyl/N-ethyl adjacent to an activating group) is 1. The molecule has 1 unspecified atom stereocenters. The van der Waals surface area contributed by atoms with Crippen molar-refractivity contribution in [3.05, 3.63) is 12.4 Å². The van der Waals surface area contributed by atoms with Gasteiger partial charge >= 0.3 is 0 Å². The van der Waals surface area contributed by atoms with Crippen LogP contribution >= 0.6 is 0 Å². The molecule has 1 atom stereocenters. The van der Waals surface area contributed by atoms with Crippen LogP contribution in [0.15, 0.2) is 12.4 Å². The van der Waals surface area contributed by atoms with Crippen LogP contribution in [0.2, 0.25) is 0 Å². The van der Waals surface area contributed by atoms with Gasteiger partial charge in [-0.15, -0.1) is 0 Å². The van der Waals surface area contributed by atoms with Crippen LogP contribution in [-0.4, -0.2) is 43.3 Å². The first-order valence-corrected chi connectivity index (χ1v) is 5.11. The van der Waals surface area contributed by atoms with Crippen LogP contribution in [0, 0.1) is 0 Å². The van der Waals surface area contributed by atoms with Crippen LogP contribution in [0.3, 0.4) is 0 Å². The highest BCUT2D eigenvalue weighted by molar-refractivity contribution is 5.43. The molecule has 0 bridgehead atoms. The lowest BCUT2D eigenvalue weighted by molar-refractivity contribution is 0.193. The monoisotopic (exact) mass is 208 g/mol. The van der Waals surface area contributed by atoms with Gasteiger partial charge in [-0.25, -0.2) is 4.98 Å². The SMILES string of the molecule is CNc1cncc(N(C)C2CCOC2)n1. The molecule has 82 valence electrons. The molecule has 0 aromatic carbocycles. The fourth-order valence-corrected chi connectivity index (χ4v) is 1.66. The molecule has 0 aliphatic carbocycles. The molecular formula is C10H16N4O. The lowest BCUT2D eigenvalue weighted by Crippen LogP contribution is -2.32. The Bertz CT molecular complexity index is 325. The smallest absolute Gasteiger partial charge is 0.149 e. The van der Waals surface area contributed by atoms with Gasteiger partial charge in [0, 0.05) is 20.7 Å². The molecule has 2 heterocycles. The molecule has 15 heavy (non-hydrogen) atoms. The van der Waals surface area contributed by atoms with Crippen molar-refractivity contribution in [2.24, 2.45) is 0 Å². The lowest BCUT2D eigenvalue weighted by atomic mass is 10.2. The molecule has 0 saturated carbocycles. The van der Waals surface area contributed by atoms with Crippen LogP contribution < -0.4 is 10.2 Å². The Hall–Kier alpha value is -1.36. The molecule has 1 N–H and O–H groups in total. The van der Waals surface area contributed by atoms with Gasteiger partial charge in [0.1, 0.15) is 11.6 Å². The number of hydrogen-bond acceptors (Lipinski definition) is 5. The molecular weight excluding hydrogens is 192 g/mol. The highest BCUT2D eigenvalue weighted by Crippen LogP contribution is 2.18. The zero-order chi connectivity index (χ0) is 10.7. The van der Waals surface area contributed by atoms with Gasteiger partial charge in [-0.3, -0.25) is 4.98 Å². The fraction of sp³-hybridized carbons (Fsp3) is 0.600. The summed E-state index contributed by atoms with van der Waals surface area (Å²) in [6.07, 6.45) is 4.55. The summed E-state index contributed by atoms with van der Waals surface area (Å²) >= 11 is 0. The predicted molar refractivity (Wildman–Crippen MR) is 59.2 cm³/mol. The van der Waals surface area contributed by atoms with Crippen LogP contribution in [0.25, 0.3) is 0 Å². The van der Waals surface area contributed by atoms with Crippen molar-refractivity contribution >= 4 is 11.6 Å². The molecule has 1 aromatic rings. The Morgan fingerprint density at radius 2 is 2.40 bits per heavy atom. The fourth-order valence-electron chi connectivity index (χ4n) is 1.66. The highest BCUT2D eigenvalue weighted by Gasteiger charge is 2.21. The van der Waals surface area contributed by atoms with Gasteiger partial charge in [-0.05, 0) is 6.42 Å². The number of nitrogens with one attached hydrogen (secondary N) is 1. The maximum absolute atomic E-state index is 5.35. The summed E-state index contributed by atoms with van der Waals surface area (Å²) in [5, 5.41) is 2.98. The number of rotatable bonds is 3. The summed E-state index contributed by atoms with van der Waals surface area (Å²) in [6.45, 7) is 1.62. The number of hydrogen-bond donors (Lipinski definition) is 1. The first kappa shape index (κ1) is 10.2. The zero-order valence-corrected chi connectivity index (χ0v) is 9.10. The van der Waals surface area contributed by atoms with Gasteiger partial charge in [0.05, 0.1) is 25.0 Å². The second-order valence-corrected chi connectivity index (χ2v) is 3.64. The quantitative estimate of drug-likeness (QED) is 0.794. The Labute approximate surface area is 89.5 Å². The molecule has 1 saturated heterocycles. The first-order valence-electron chi connectivity index (χ1n) is 5.11. The van der Waals surface area contributed by atoms with E-state index in [0.29, 0.717) is 6.04 Å². The number of anilines is 2. The van der Waals surface area contributed by atoms with Gasteiger partial charge < -0.3 is 15.0 Å². The van der Waals surface area contributed by atoms with Crippen molar-refractivity contribution < 1.29 is 4.74 Å². The minimum atomic E-state index is 0.423. The minimum Gasteiger partial charge on any atom is -0.379 e. The summed E-state index contributed by atoms with van der Waals surface area (Å²) < 4.78 is 5.35. The first-order chi connectivity index (χ1) is 7.31. The maximum atomic E-state index is 5.35. The van der Waals surface area contributed by atoms with Crippen molar-refractivity contribution in [3.8, 4) is 0 Å². The Balaban J connectivity index is 2.13. The molecule has 0 radical (unpaired) electrons. The standard InChI is InChI=1S/C10H16N4O/c1-11-9-5-12-6-10(13-9)14(2)8-3-4-15-7-8/h5-6,8H,3-4,7H2,1-2H3,(H,11,13). The Kier molecular flexibility index (Phi) is 3.01. The number of nitrogens with zero attached hydrogens (tertiary/aromatic N) is 3. The number of aromatic nitrogens is 2. The molecule has 1 fully saturated rings. The second-order valence-electron chi connectivity index (χ2n) is 3.64. The van der Waals surface area contributed by atoms with Gasteiger partial charge in [0.2, 0.25) is 0 Å². The van der Waals surface area contributed by atoms with Crippen molar-refractivity contribution in [1.29, 1.82) is 0 Å². The Morgan fingerprint density at radius 3 is 3.07 bits per heavy atom. The van der Waals surface area contributed by atoms with Crippen molar-refractivity contribution in [3.63, 3.8) is 0 Å². The average molecular weight is 208 g/mol. The average Bonchev–Trinajstić information content (AvgIpc) is 2.81. The van der Waals surface area contributed by atoms with Crippen LogP contribution in [0.1, 0.15) is 6.42 Å². The van der Waals surface area contributed by atoms with E-state index in [0.717, 1.165) is 31.3 Å². The van der Waals surface area contributed by atoms with E-state index >= 15 is 0 Å². The largest absolute Gasteiger partial charge is 0.379 e. The summed E-state index contributed by atoms with van der Waals surface area (Å²) in [5.74, 6) is 1.68. The van der Waals surface area contributed by atoms with E-state index < -0.39 is 0 Å². The van der Waals surface area contributed by atoms with E-state index in [9.17, 15) is 0 Å². The van der Waals surface area contributed by atoms with Crippen LogP contribution in [0.4, 0.5) is 11.6 Å². The summed E-state index contributed by atoms with van der Waals surface area (Å²) in [7, 11) is 3.87. The second kappa shape index (κ2) is 4.44. The van der Waals surface area contributed by atoms with E-state index in [1.165, 1.54) is 0 Å².